The molecule has 144 valence electrons. The summed E-state index contributed by atoms with van der Waals surface area (Å²) in [6.45, 7) is 5.67. The van der Waals surface area contributed by atoms with E-state index in [0.717, 1.165) is 12.4 Å². The first kappa shape index (κ1) is 19.1. The van der Waals surface area contributed by atoms with E-state index in [-0.39, 0.29) is 18.1 Å². The molecule has 0 aromatic carbocycles. The Balaban J connectivity index is 1.99. The van der Waals surface area contributed by atoms with Gasteiger partial charge in [-0.05, 0) is 11.5 Å². The number of rotatable bonds is 5. The maximum Gasteiger partial charge on any atom is 0.183 e. The van der Waals surface area contributed by atoms with Gasteiger partial charge >= 0.3 is 0 Å². The quantitative estimate of drug-likeness (QED) is 0.510. The number of hydrogen-bond donors (Lipinski definition) is 4. The Kier molecular flexibility index (Phi) is 5.07. The highest BCUT2D eigenvalue weighted by atomic mass is 19.1. The molecule has 0 bridgehead atoms. The van der Waals surface area contributed by atoms with Gasteiger partial charge in [0.2, 0.25) is 0 Å². The molecular weight excluding hydrogens is 356 g/mol. The number of nitrogens with one attached hydrogen (secondary N) is 2. The van der Waals surface area contributed by atoms with E-state index in [0.29, 0.717) is 16.6 Å². The molecule has 1 atom stereocenters. The fourth-order valence-electron chi connectivity index (χ4n) is 2.77. The van der Waals surface area contributed by atoms with Gasteiger partial charge in [-0.2, -0.15) is 0 Å². The van der Waals surface area contributed by atoms with Gasteiger partial charge in [-0.25, -0.2) is 23.7 Å². The molecule has 4 N–H and O–H groups in total. The molecule has 0 amide bonds. The van der Waals surface area contributed by atoms with Gasteiger partial charge in [-0.1, -0.05) is 20.8 Å². The van der Waals surface area contributed by atoms with Crippen LogP contribution in [-0.2, 0) is 0 Å². The van der Waals surface area contributed by atoms with Crippen molar-refractivity contribution < 1.29 is 19.0 Å². The second-order valence-corrected chi connectivity index (χ2v) is 7.42. The van der Waals surface area contributed by atoms with Crippen LogP contribution in [0.3, 0.4) is 0 Å². The van der Waals surface area contributed by atoms with Crippen molar-refractivity contribution in [2.24, 2.45) is 5.41 Å². The number of halogens is 2. The Morgan fingerprint density at radius 1 is 1.19 bits per heavy atom. The van der Waals surface area contributed by atoms with Crippen molar-refractivity contribution in [3.63, 3.8) is 0 Å². The minimum atomic E-state index is -1.55. The molecule has 0 radical (unpaired) electrons. The summed E-state index contributed by atoms with van der Waals surface area (Å²) in [5.74, 6) is -1.06. The molecule has 3 aromatic rings. The first-order chi connectivity index (χ1) is 12.6. The van der Waals surface area contributed by atoms with E-state index in [1.807, 2.05) is 20.8 Å². The van der Waals surface area contributed by atoms with Gasteiger partial charge in [-0.15, -0.1) is 0 Å². The number of H-pyrrole nitrogens is 1. The highest BCUT2D eigenvalue weighted by Gasteiger charge is 2.28. The van der Waals surface area contributed by atoms with Gasteiger partial charge < -0.3 is 20.5 Å². The van der Waals surface area contributed by atoms with Crippen LogP contribution >= 0.6 is 0 Å². The number of aliphatic hydroxyl groups is 2. The maximum atomic E-state index is 14.3. The summed E-state index contributed by atoms with van der Waals surface area (Å²) in [5, 5.41) is 22.1. The van der Waals surface area contributed by atoms with Gasteiger partial charge in [0, 0.05) is 29.6 Å². The van der Waals surface area contributed by atoms with Gasteiger partial charge in [0.15, 0.2) is 23.7 Å². The summed E-state index contributed by atoms with van der Waals surface area (Å²) in [7, 11) is 0. The lowest BCUT2D eigenvalue weighted by Crippen LogP contribution is -2.37. The van der Waals surface area contributed by atoms with E-state index in [1.165, 1.54) is 6.07 Å². The first-order valence-corrected chi connectivity index (χ1v) is 8.43. The fraction of sp³-hybridized carbons (Fsp3) is 0.389. The molecule has 0 fully saturated rings. The standard InChI is InChI=1S/C18H21F2N5O2/c1-18(2,3)13(5-14(26)27)24-17-12(20)8-23-16(25-17)11-7-22-15-10(11)4-9(19)6-21-15/h4,6-8,13-14,26-27H,5H2,1-3H3,(H,21,22)(H,23,24,25)/t13-/m1/s1. The number of aromatic nitrogens is 4. The average molecular weight is 377 g/mol. The lowest BCUT2D eigenvalue weighted by Gasteiger charge is -2.32. The van der Waals surface area contributed by atoms with Crippen LogP contribution in [0.15, 0.2) is 24.7 Å². The van der Waals surface area contributed by atoms with Crippen LogP contribution in [-0.4, -0.2) is 42.5 Å². The zero-order valence-corrected chi connectivity index (χ0v) is 15.2. The SMILES string of the molecule is CC(C)(C)[C@@H](CC(O)O)Nc1nc(-c2c[nH]c3ncc(F)cc23)ncc1F. The van der Waals surface area contributed by atoms with E-state index in [9.17, 15) is 19.0 Å². The molecule has 0 aliphatic carbocycles. The van der Waals surface area contributed by atoms with Crippen molar-refractivity contribution >= 4 is 16.9 Å². The summed E-state index contributed by atoms with van der Waals surface area (Å²) >= 11 is 0. The third kappa shape index (κ3) is 4.20. The van der Waals surface area contributed by atoms with Gasteiger partial charge in [0.1, 0.15) is 11.5 Å². The summed E-state index contributed by atoms with van der Waals surface area (Å²) in [6.07, 6.45) is 2.13. The Morgan fingerprint density at radius 3 is 2.59 bits per heavy atom. The topological polar surface area (TPSA) is 107 Å². The molecule has 0 aliphatic rings. The van der Waals surface area contributed by atoms with E-state index in [2.05, 4.69) is 25.3 Å². The molecule has 27 heavy (non-hydrogen) atoms. The molecule has 0 saturated carbocycles. The molecule has 0 saturated heterocycles. The Morgan fingerprint density at radius 2 is 1.93 bits per heavy atom. The number of aromatic amines is 1. The largest absolute Gasteiger partial charge is 0.368 e. The molecule has 7 nitrogen and oxygen atoms in total. The first-order valence-electron chi connectivity index (χ1n) is 8.43. The van der Waals surface area contributed by atoms with Crippen LogP contribution in [0, 0.1) is 17.0 Å². The van der Waals surface area contributed by atoms with Gasteiger partial charge in [0.05, 0.1) is 12.4 Å². The summed E-state index contributed by atoms with van der Waals surface area (Å²) in [6, 6.07) is 0.838. The molecule has 3 heterocycles. The van der Waals surface area contributed by atoms with Crippen LogP contribution in [0.4, 0.5) is 14.6 Å². The van der Waals surface area contributed by atoms with Gasteiger partial charge in [-0.3, -0.25) is 0 Å². The molecule has 3 rings (SSSR count). The number of aliphatic hydroxyl groups excluding tert-OH is 1. The normalized spacial score (nSPS) is 13.3. The summed E-state index contributed by atoms with van der Waals surface area (Å²) < 4.78 is 27.8. The second kappa shape index (κ2) is 7.16. The van der Waals surface area contributed by atoms with Crippen molar-refractivity contribution in [1.82, 2.24) is 19.9 Å². The fourth-order valence-corrected chi connectivity index (χ4v) is 2.77. The average Bonchev–Trinajstić information content (AvgIpc) is 2.98. The smallest absolute Gasteiger partial charge is 0.183 e. The highest BCUT2D eigenvalue weighted by Crippen LogP contribution is 2.29. The molecule has 3 aromatic heterocycles. The summed E-state index contributed by atoms with van der Waals surface area (Å²) in [5.41, 5.74) is 0.550. The van der Waals surface area contributed by atoms with Crippen molar-refractivity contribution in [1.29, 1.82) is 0 Å². The lowest BCUT2D eigenvalue weighted by atomic mass is 9.84. The van der Waals surface area contributed by atoms with Crippen LogP contribution in [0.1, 0.15) is 27.2 Å². The minimum absolute atomic E-state index is 0.00943. The molecular formula is C18H21F2N5O2. The van der Waals surface area contributed by atoms with E-state index < -0.39 is 29.4 Å². The third-order valence-corrected chi connectivity index (χ3v) is 4.29. The Bertz CT molecular complexity index is 953. The van der Waals surface area contributed by atoms with Crippen molar-refractivity contribution in [3.05, 3.63) is 36.3 Å². The van der Waals surface area contributed by atoms with Crippen LogP contribution in [0.25, 0.3) is 22.4 Å². The number of pyridine rings is 1. The Hall–Kier alpha value is -2.65. The Labute approximate surface area is 154 Å². The monoisotopic (exact) mass is 377 g/mol. The van der Waals surface area contributed by atoms with E-state index in [4.69, 9.17) is 0 Å². The number of nitrogens with zero attached hydrogens (tertiary/aromatic N) is 3. The van der Waals surface area contributed by atoms with Crippen molar-refractivity contribution in [2.75, 3.05) is 5.32 Å². The molecule has 0 spiro atoms. The van der Waals surface area contributed by atoms with Crippen LogP contribution in [0.5, 0.6) is 0 Å². The van der Waals surface area contributed by atoms with Gasteiger partial charge in [0.25, 0.3) is 0 Å². The number of fused-ring (bicyclic) bond motifs is 1. The van der Waals surface area contributed by atoms with Crippen LogP contribution in [0.2, 0.25) is 0 Å². The number of anilines is 1. The van der Waals surface area contributed by atoms with E-state index >= 15 is 0 Å². The maximum absolute atomic E-state index is 14.3. The highest BCUT2D eigenvalue weighted by molar-refractivity contribution is 5.91. The predicted molar refractivity (Wildman–Crippen MR) is 96.7 cm³/mol. The third-order valence-electron chi connectivity index (χ3n) is 4.29. The number of hydrogen-bond acceptors (Lipinski definition) is 6. The molecule has 0 unspecified atom stereocenters. The van der Waals surface area contributed by atoms with E-state index in [1.54, 1.807) is 6.20 Å². The zero-order chi connectivity index (χ0) is 19.8. The van der Waals surface area contributed by atoms with Crippen molar-refractivity contribution in [2.45, 2.75) is 39.5 Å². The van der Waals surface area contributed by atoms with Crippen LogP contribution < -0.4 is 5.32 Å². The predicted octanol–water partition coefficient (Wildman–Crippen LogP) is 2.83. The molecule has 0 aliphatic heterocycles. The lowest BCUT2D eigenvalue weighted by molar-refractivity contribution is -0.0541. The molecule has 9 heteroatoms. The minimum Gasteiger partial charge on any atom is -0.368 e. The second-order valence-electron chi connectivity index (χ2n) is 7.42. The van der Waals surface area contributed by atoms with Crippen molar-refractivity contribution in [3.8, 4) is 11.4 Å². The summed E-state index contributed by atoms with van der Waals surface area (Å²) in [4.78, 5) is 15.1. The zero-order valence-electron chi connectivity index (χ0n) is 15.2.